The first-order chi connectivity index (χ1) is 14.0. The number of nitrogens with one attached hydrogen (secondary N) is 1. The molecule has 29 heavy (non-hydrogen) atoms. The van der Waals surface area contributed by atoms with Gasteiger partial charge in [0.25, 0.3) is 5.91 Å². The van der Waals surface area contributed by atoms with Crippen LogP contribution in [0.3, 0.4) is 0 Å². The Bertz CT molecular complexity index is 1080. The molecule has 0 aliphatic rings. The number of nitrogen functional groups attached to an aromatic ring is 1. The minimum absolute atomic E-state index is 0.00865. The molecule has 3 N–H and O–H groups in total. The summed E-state index contributed by atoms with van der Waals surface area (Å²) in [5.41, 5.74) is 10.8. The highest BCUT2D eigenvalue weighted by Crippen LogP contribution is 2.27. The van der Waals surface area contributed by atoms with Gasteiger partial charge in [-0.3, -0.25) is 4.79 Å². The van der Waals surface area contributed by atoms with Crippen LogP contribution in [0.1, 0.15) is 11.1 Å². The average Bonchev–Trinajstić information content (AvgIpc) is 2.72. The molecule has 0 fully saturated rings. The van der Waals surface area contributed by atoms with E-state index in [9.17, 15) is 10.1 Å². The Morgan fingerprint density at radius 2 is 1.66 bits per heavy atom. The van der Waals surface area contributed by atoms with E-state index in [-0.39, 0.29) is 5.57 Å². The van der Waals surface area contributed by atoms with Crippen molar-refractivity contribution < 1.29 is 4.79 Å². The molecule has 0 heterocycles. The first-order valence-electron chi connectivity index (χ1n) is 9.18. The molecule has 0 aliphatic heterocycles. The summed E-state index contributed by atoms with van der Waals surface area (Å²) in [4.78, 5) is 14.6. The van der Waals surface area contributed by atoms with Gasteiger partial charge in [0.05, 0.1) is 0 Å². The van der Waals surface area contributed by atoms with E-state index in [0.717, 1.165) is 22.5 Å². The van der Waals surface area contributed by atoms with E-state index in [1.165, 1.54) is 0 Å². The molecule has 0 aromatic heterocycles. The van der Waals surface area contributed by atoms with Crippen LogP contribution in [0.5, 0.6) is 0 Å². The lowest BCUT2D eigenvalue weighted by atomic mass is 10.1. The summed E-state index contributed by atoms with van der Waals surface area (Å²) in [6.07, 6.45) is 1.54. The van der Waals surface area contributed by atoms with Crippen LogP contribution in [0.4, 0.5) is 22.7 Å². The van der Waals surface area contributed by atoms with Crippen LogP contribution in [0.15, 0.2) is 84.6 Å². The largest absolute Gasteiger partial charge is 0.399 e. The third-order valence-electron chi connectivity index (χ3n) is 4.46. The van der Waals surface area contributed by atoms with Crippen LogP contribution in [-0.2, 0) is 4.79 Å². The highest BCUT2D eigenvalue weighted by Gasteiger charge is 2.15. The number of aryl methyl sites for hydroxylation is 2. The molecule has 0 spiro atoms. The third-order valence-corrected chi connectivity index (χ3v) is 4.46. The van der Waals surface area contributed by atoms with E-state index >= 15 is 0 Å². The Morgan fingerprint density at radius 1 is 1.00 bits per heavy atom. The minimum atomic E-state index is -0.462. The molecule has 3 rings (SSSR count). The van der Waals surface area contributed by atoms with Crippen LogP contribution in [0.25, 0.3) is 0 Å². The van der Waals surface area contributed by atoms with E-state index in [2.05, 4.69) is 5.32 Å². The molecule has 0 saturated heterocycles. The molecule has 0 radical (unpaired) electrons. The summed E-state index contributed by atoms with van der Waals surface area (Å²) in [7, 11) is 0. The number of amides is 1. The van der Waals surface area contributed by atoms with Crippen molar-refractivity contribution in [1.82, 2.24) is 0 Å². The highest BCUT2D eigenvalue weighted by atomic mass is 16.1. The SMILES string of the molecule is Cc1ccc(NC(=O)/C(C#N)=C\N(c2ccccc2)c2ccc(N)cc2)c(C)c1. The second kappa shape index (κ2) is 8.77. The topological polar surface area (TPSA) is 82.2 Å². The van der Waals surface area contributed by atoms with Gasteiger partial charge in [0, 0.05) is 28.9 Å². The second-order valence-corrected chi connectivity index (χ2v) is 6.72. The number of benzene rings is 3. The predicted molar refractivity (Wildman–Crippen MR) is 118 cm³/mol. The van der Waals surface area contributed by atoms with Crippen molar-refractivity contribution in [2.75, 3.05) is 16.0 Å². The Labute approximate surface area is 170 Å². The molecule has 0 unspecified atom stereocenters. The summed E-state index contributed by atoms with van der Waals surface area (Å²) < 4.78 is 0. The van der Waals surface area contributed by atoms with Gasteiger partial charge in [0.15, 0.2) is 0 Å². The van der Waals surface area contributed by atoms with E-state index in [1.807, 2.05) is 80.6 Å². The van der Waals surface area contributed by atoms with E-state index in [4.69, 9.17) is 5.73 Å². The number of hydrogen-bond acceptors (Lipinski definition) is 4. The van der Waals surface area contributed by atoms with Crippen molar-refractivity contribution in [2.45, 2.75) is 13.8 Å². The number of rotatable bonds is 5. The number of carbonyl (C=O) groups is 1. The number of para-hydroxylation sites is 1. The van der Waals surface area contributed by atoms with E-state index in [1.54, 1.807) is 23.2 Å². The van der Waals surface area contributed by atoms with Crippen molar-refractivity contribution in [2.24, 2.45) is 0 Å². The molecule has 5 heteroatoms. The lowest BCUT2D eigenvalue weighted by Crippen LogP contribution is -2.18. The molecule has 5 nitrogen and oxygen atoms in total. The molecule has 0 atom stereocenters. The van der Waals surface area contributed by atoms with E-state index < -0.39 is 5.91 Å². The average molecular weight is 382 g/mol. The quantitative estimate of drug-likeness (QED) is 0.367. The van der Waals surface area contributed by atoms with E-state index in [0.29, 0.717) is 11.4 Å². The third kappa shape index (κ3) is 4.82. The molecule has 0 aliphatic carbocycles. The highest BCUT2D eigenvalue weighted by molar-refractivity contribution is 6.07. The zero-order valence-corrected chi connectivity index (χ0v) is 16.4. The first-order valence-corrected chi connectivity index (χ1v) is 9.18. The van der Waals surface area contributed by atoms with Crippen LogP contribution in [-0.4, -0.2) is 5.91 Å². The molecule has 144 valence electrons. The first kappa shape index (κ1) is 19.7. The molecule has 3 aromatic rings. The fourth-order valence-corrected chi connectivity index (χ4v) is 2.93. The maximum Gasteiger partial charge on any atom is 0.267 e. The Hall–Kier alpha value is -4.04. The van der Waals surface area contributed by atoms with Gasteiger partial charge < -0.3 is 16.0 Å². The fourth-order valence-electron chi connectivity index (χ4n) is 2.93. The summed E-state index contributed by atoms with van der Waals surface area (Å²) >= 11 is 0. The fraction of sp³-hybridized carbons (Fsp3) is 0.0833. The van der Waals surface area contributed by atoms with Gasteiger partial charge in [-0.2, -0.15) is 5.26 Å². The minimum Gasteiger partial charge on any atom is -0.399 e. The van der Waals surface area contributed by atoms with Crippen molar-refractivity contribution in [3.8, 4) is 6.07 Å². The number of anilines is 4. The van der Waals surface area contributed by atoms with Gasteiger partial charge in [-0.15, -0.1) is 0 Å². The number of nitrogens with zero attached hydrogens (tertiary/aromatic N) is 2. The predicted octanol–water partition coefficient (Wildman–Crippen LogP) is 5.07. The normalized spacial score (nSPS) is 10.9. The molecular formula is C24H22N4O. The summed E-state index contributed by atoms with van der Waals surface area (Å²) in [6.45, 7) is 3.91. The van der Waals surface area contributed by atoms with Gasteiger partial charge in [-0.1, -0.05) is 35.9 Å². The van der Waals surface area contributed by atoms with Gasteiger partial charge in [0.2, 0.25) is 0 Å². The summed E-state index contributed by atoms with van der Waals surface area (Å²) in [5, 5.41) is 12.5. The maximum absolute atomic E-state index is 12.8. The van der Waals surface area contributed by atoms with Crippen molar-refractivity contribution >= 4 is 28.7 Å². The number of hydrogen-bond donors (Lipinski definition) is 2. The Kier molecular flexibility index (Phi) is 5.96. The number of nitrogens with two attached hydrogens (primary N) is 1. The van der Waals surface area contributed by atoms with Crippen molar-refractivity contribution in [1.29, 1.82) is 5.26 Å². The van der Waals surface area contributed by atoms with Crippen LogP contribution < -0.4 is 16.0 Å². The van der Waals surface area contributed by atoms with Crippen molar-refractivity contribution in [3.05, 3.63) is 95.7 Å². The van der Waals surface area contributed by atoms with Crippen molar-refractivity contribution in [3.63, 3.8) is 0 Å². The standard InChI is InChI=1S/C24H22N4O/c1-17-8-13-23(18(2)14-17)27-24(29)19(15-25)16-28(21-6-4-3-5-7-21)22-11-9-20(26)10-12-22/h3-14,16H,26H2,1-2H3,(H,27,29)/b19-16-. The number of nitriles is 1. The molecule has 0 saturated carbocycles. The Morgan fingerprint density at radius 3 is 2.28 bits per heavy atom. The Balaban J connectivity index is 1.96. The lowest BCUT2D eigenvalue weighted by molar-refractivity contribution is -0.112. The maximum atomic E-state index is 12.8. The molecule has 3 aromatic carbocycles. The second-order valence-electron chi connectivity index (χ2n) is 6.72. The number of carbonyl (C=O) groups excluding carboxylic acids is 1. The van der Waals surface area contributed by atoms with Gasteiger partial charge in [-0.05, 0) is 61.9 Å². The zero-order chi connectivity index (χ0) is 20.8. The zero-order valence-electron chi connectivity index (χ0n) is 16.4. The molecular weight excluding hydrogens is 360 g/mol. The van der Waals surface area contributed by atoms with Gasteiger partial charge in [-0.25, -0.2) is 0 Å². The van der Waals surface area contributed by atoms with Gasteiger partial charge >= 0.3 is 0 Å². The lowest BCUT2D eigenvalue weighted by Gasteiger charge is -2.21. The monoisotopic (exact) mass is 382 g/mol. The van der Waals surface area contributed by atoms with Gasteiger partial charge in [0.1, 0.15) is 11.6 Å². The molecule has 1 amide bonds. The smallest absolute Gasteiger partial charge is 0.267 e. The van der Waals surface area contributed by atoms with Crippen LogP contribution >= 0.6 is 0 Å². The van der Waals surface area contributed by atoms with Crippen LogP contribution in [0, 0.1) is 25.2 Å². The van der Waals surface area contributed by atoms with Crippen LogP contribution in [0.2, 0.25) is 0 Å². The summed E-state index contributed by atoms with van der Waals surface area (Å²) in [5.74, 6) is -0.462. The molecule has 0 bridgehead atoms. The summed E-state index contributed by atoms with van der Waals surface area (Å²) in [6, 6.07) is 24.5.